The Labute approximate surface area is 138 Å². The van der Waals surface area contributed by atoms with Gasteiger partial charge >= 0.3 is 0 Å². The molecule has 6 heteroatoms. The van der Waals surface area contributed by atoms with Crippen LogP contribution < -0.4 is 0 Å². The normalized spacial score (nSPS) is 18.6. The van der Waals surface area contributed by atoms with Crippen molar-refractivity contribution in [2.45, 2.75) is 17.8 Å². The minimum absolute atomic E-state index is 0.325. The molecule has 0 aromatic heterocycles. The van der Waals surface area contributed by atoms with Gasteiger partial charge in [0.25, 0.3) is 5.91 Å². The van der Waals surface area contributed by atoms with E-state index in [1.54, 1.807) is 0 Å². The fourth-order valence-corrected chi connectivity index (χ4v) is 2.30. The molecule has 1 aromatic rings. The summed E-state index contributed by atoms with van der Waals surface area (Å²) < 4.78 is -1.57. The number of rotatable bonds is 1. The van der Waals surface area contributed by atoms with Gasteiger partial charge in [-0.15, -0.1) is 0 Å². The third-order valence-electron chi connectivity index (χ3n) is 3.32. The number of amides is 1. The van der Waals surface area contributed by atoms with Gasteiger partial charge in [-0.25, -0.2) is 4.99 Å². The van der Waals surface area contributed by atoms with Crippen LogP contribution in [0.3, 0.4) is 0 Å². The van der Waals surface area contributed by atoms with Crippen LogP contribution in [0.25, 0.3) is 0 Å². The largest absolute Gasteiger partial charge is 0.329 e. The molecule has 22 heavy (non-hydrogen) atoms. The highest BCUT2D eigenvalue weighted by Gasteiger charge is 2.29. The second-order valence-electron chi connectivity index (χ2n) is 5.08. The third kappa shape index (κ3) is 2.98. The fraction of sp³-hybridized carbons (Fsp3) is 0.188. The minimum Gasteiger partial charge on any atom is -0.329 e. The molecule has 0 saturated heterocycles. The van der Waals surface area contributed by atoms with Crippen LogP contribution in [0.1, 0.15) is 18.1 Å². The quantitative estimate of drug-likeness (QED) is 0.739. The van der Waals surface area contributed by atoms with Crippen molar-refractivity contribution in [1.29, 1.82) is 0 Å². The summed E-state index contributed by atoms with van der Waals surface area (Å²) in [7, 11) is 0. The van der Waals surface area contributed by atoms with Crippen LogP contribution in [-0.2, 0) is 11.3 Å². The minimum atomic E-state index is -1.57. The molecular weight excluding hydrogens is 321 g/mol. The number of hydrogen-bond acceptors (Lipinski definition) is 2. The molecule has 1 amide bonds. The summed E-state index contributed by atoms with van der Waals surface area (Å²) in [6, 6.07) is 7.70. The number of amidine groups is 2. The number of fused-ring (bicyclic) bond motifs is 2. The van der Waals surface area contributed by atoms with Gasteiger partial charge in [-0.3, -0.25) is 4.79 Å². The summed E-state index contributed by atoms with van der Waals surface area (Å²) in [6.45, 7) is 2.05. The van der Waals surface area contributed by atoms with Crippen LogP contribution >= 0.6 is 23.2 Å². The van der Waals surface area contributed by atoms with E-state index in [1.165, 1.54) is 6.92 Å². The molecule has 3 rings (SSSR count). The van der Waals surface area contributed by atoms with E-state index in [0.29, 0.717) is 12.4 Å². The average molecular weight is 334 g/mol. The predicted octanol–water partition coefficient (Wildman–Crippen LogP) is 3.45. The monoisotopic (exact) mass is 333 g/mol. The maximum atomic E-state index is 12.0. The second-order valence-corrected chi connectivity index (χ2v) is 6.79. The number of carbonyl (C=O) groups excluding carboxylic acids is 1. The Hall–Kier alpha value is -1.91. The van der Waals surface area contributed by atoms with Gasteiger partial charge in [0.15, 0.2) is 10.2 Å². The van der Waals surface area contributed by atoms with Crippen molar-refractivity contribution in [3.05, 3.63) is 59.8 Å². The first kappa shape index (κ1) is 15.0. The second kappa shape index (κ2) is 5.71. The molecule has 0 fully saturated rings. The van der Waals surface area contributed by atoms with Crippen molar-refractivity contribution >= 4 is 40.8 Å². The Kier molecular flexibility index (Phi) is 3.89. The Bertz CT molecular complexity index is 742. The predicted molar refractivity (Wildman–Crippen MR) is 89.4 cm³/mol. The molecule has 0 spiro atoms. The van der Waals surface area contributed by atoms with Gasteiger partial charge in [-0.2, -0.15) is 4.99 Å². The first-order valence-corrected chi connectivity index (χ1v) is 7.50. The summed E-state index contributed by atoms with van der Waals surface area (Å²) >= 11 is 11.7. The molecule has 1 aromatic carbocycles. The van der Waals surface area contributed by atoms with Gasteiger partial charge in [-0.1, -0.05) is 53.5 Å². The van der Waals surface area contributed by atoms with Crippen molar-refractivity contribution in [3.63, 3.8) is 0 Å². The number of aliphatic imine (C=N–C) groups is 2. The van der Waals surface area contributed by atoms with E-state index in [-0.39, 0.29) is 0 Å². The molecule has 0 N–H and O–H groups in total. The third-order valence-corrected chi connectivity index (χ3v) is 3.64. The topological polar surface area (TPSA) is 45.0 Å². The zero-order chi connectivity index (χ0) is 15.7. The maximum Gasteiger partial charge on any atom is 0.283 e. The zero-order valence-corrected chi connectivity index (χ0v) is 13.3. The van der Waals surface area contributed by atoms with Crippen LogP contribution in [0.4, 0.5) is 0 Å². The number of nitrogens with zero attached hydrogens (tertiary/aromatic N) is 3. The van der Waals surface area contributed by atoms with Crippen molar-refractivity contribution in [2.24, 2.45) is 9.98 Å². The molecule has 4 nitrogen and oxygen atoms in total. The molecule has 0 aliphatic carbocycles. The van der Waals surface area contributed by atoms with Crippen molar-refractivity contribution in [1.82, 2.24) is 4.90 Å². The van der Waals surface area contributed by atoms with Gasteiger partial charge in [0.1, 0.15) is 5.84 Å². The molecule has 2 aliphatic rings. The maximum absolute atomic E-state index is 12.0. The number of alkyl halides is 2. The molecule has 0 radical (unpaired) electrons. The van der Waals surface area contributed by atoms with Crippen LogP contribution in [0.5, 0.6) is 0 Å². The van der Waals surface area contributed by atoms with Crippen LogP contribution in [-0.4, -0.2) is 26.8 Å². The van der Waals surface area contributed by atoms with Crippen molar-refractivity contribution in [2.75, 3.05) is 0 Å². The van der Waals surface area contributed by atoms with Gasteiger partial charge in [-0.05, 0) is 24.6 Å². The summed E-state index contributed by atoms with van der Waals surface area (Å²) in [5, 5.41) is 0. The molecule has 0 atom stereocenters. The lowest BCUT2D eigenvalue weighted by Crippen LogP contribution is -2.24. The van der Waals surface area contributed by atoms with E-state index in [2.05, 4.69) is 9.98 Å². The number of halogens is 2. The highest BCUT2D eigenvalue weighted by Crippen LogP contribution is 2.24. The highest BCUT2D eigenvalue weighted by molar-refractivity contribution is 6.58. The van der Waals surface area contributed by atoms with E-state index < -0.39 is 10.2 Å². The zero-order valence-electron chi connectivity index (χ0n) is 11.8. The Morgan fingerprint density at radius 3 is 2.86 bits per heavy atom. The van der Waals surface area contributed by atoms with Gasteiger partial charge in [0.05, 0.1) is 0 Å². The Balaban J connectivity index is 2.14. The Morgan fingerprint density at radius 1 is 1.32 bits per heavy atom. The SMILES string of the molecule is CC(Cl)(Cl)C(=O)N=C1N=C2C=CC=CN2Cc2ccccc21. The first-order chi connectivity index (χ1) is 10.4. The lowest BCUT2D eigenvalue weighted by atomic mass is 10.1. The van der Waals surface area contributed by atoms with Crippen molar-refractivity contribution in [3.8, 4) is 0 Å². The molecule has 2 aliphatic heterocycles. The lowest BCUT2D eigenvalue weighted by molar-refractivity contribution is -0.118. The average Bonchev–Trinajstić information content (AvgIpc) is 2.63. The van der Waals surface area contributed by atoms with Crippen LogP contribution in [0.2, 0.25) is 0 Å². The number of carbonyl (C=O) groups is 1. The van der Waals surface area contributed by atoms with Gasteiger partial charge in [0.2, 0.25) is 0 Å². The molecular formula is C16H13Cl2N3O. The van der Waals surface area contributed by atoms with Gasteiger partial charge < -0.3 is 4.90 Å². The Morgan fingerprint density at radius 2 is 2.09 bits per heavy atom. The summed E-state index contributed by atoms with van der Waals surface area (Å²) in [6.07, 6.45) is 7.63. The molecule has 2 heterocycles. The standard InChI is InChI=1S/C16H13Cl2N3O/c1-16(17,18)15(22)20-14-12-7-3-2-6-11(12)10-21-9-5-4-8-13(21)19-14/h2-9H,10H2,1H3. The van der Waals surface area contributed by atoms with Crippen LogP contribution in [0.15, 0.2) is 58.7 Å². The van der Waals surface area contributed by atoms with E-state index in [4.69, 9.17) is 23.2 Å². The van der Waals surface area contributed by atoms with Crippen LogP contribution in [0, 0.1) is 0 Å². The number of hydrogen-bond donors (Lipinski definition) is 0. The summed E-state index contributed by atoms with van der Waals surface area (Å²) in [5.74, 6) is 0.412. The van der Waals surface area contributed by atoms with E-state index in [0.717, 1.165) is 17.0 Å². The van der Waals surface area contributed by atoms with Gasteiger partial charge in [0, 0.05) is 18.3 Å². The fourth-order valence-electron chi connectivity index (χ4n) is 2.21. The highest BCUT2D eigenvalue weighted by atomic mass is 35.5. The molecule has 0 bridgehead atoms. The number of allylic oxidation sites excluding steroid dienone is 2. The van der Waals surface area contributed by atoms with E-state index >= 15 is 0 Å². The van der Waals surface area contributed by atoms with Crippen molar-refractivity contribution < 1.29 is 4.79 Å². The molecule has 0 unspecified atom stereocenters. The molecule has 112 valence electrons. The summed E-state index contributed by atoms with van der Waals surface area (Å²) in [5.41, 5.74) is 1.83. The smallest absolute Gasteiger partial charge is 0.283 e. The summed E-state index contributed by atoms with van der Waals surface area (Å²) in [4.78, 5) is 22.6. The number of benzene rings is 1. The lowest BCUT2D eigenvalue weighted by Gasteiger charge is -2.20. The molecule has 0 saturated carbocycles. The first-order valence-electron chi connectivity index (χ1n) is 6.74. The van der Waals surface area contributed by atoms with E-state index in [9.17, 15) is 4.79 Å². The van der Waals surface area contributed by atoms with E-state index in [1.807, 2.05) is 53.6 Å².